The van der Waals surface area contributed by atoms with Crippen molar-refractivity contribution in [3.05, 3.63) is 35.4 Å². The number of amides is 2. The Kier molecular flexibility index (Phi) is 3.22. The van der Waals surface area contributed by atoms with E-state index in [1.54, 1.807) is 24.3 Å². The van der Waals surface area contributed by atoms with E-state index in [1.807, 2.05) is 13.8 Å². The first kappa shape index (κ1) is 12.8. The van der Waals surface area contributed by atoms with Crippen molar-refractivity contribution < 1.29 is 9.59 Å². The van der Waals surface area contributed by atoms with Gasteiger partial charge >= 0.3 is 0 Å². The summed E-state index contributed by atoms with van der Waals surface area (Å²) in [5.41, 5.74) is 6.01. The van der Waals surface area contributed by atoms with Gasteiger partial charge in [0.1, 0.15) is 0 Å². The monoisotopic (exact) mass is 246 g/mol. The van der Waals surface area contributed by atoms with Gasteiger partial charge in [-0.05, 0) is 45.4 Å². The number of hydrogen-bond acceptors (Lipinski definition) is 3. The largest absolute Gasteiger partial charge is 0.330 e. The van der Waals surface area contributed by atoms with E-state index in [0.29, 0.717) is 17.7 Å². The van der Waals surface area contributed by atoms with Gasteiger partial charge in [-0.3, -0.25) is 14.5 Å². The van der Waals surface area contributed by atoms with E-state index in [2.05, 4.69) is 0 Å². The summed E-state index contributed by atoms with van der Waals surface area (Å²) in [6.07, 6.45) is 1.51. The van der Waals surface area contributed by atoms with Crippen LogP contribution in [0.15, 0.2) is 24.3 Å². The number of carbonyl (C=O) groups is 2. The molecule has 2 amide bonds. The summed E-state index contributed by atoms with van der Waals surface area (Å²) < 4.78 is 0. The van der Waals surface area contributed by atoms with Crippen LogP contribution in [-0.4, -0.2) is 28.8 Å². The number of imide groups is 1. The van der Waals surface area contributed by atoms with Crippen LogP contribution in [0.25, 0.3) is 0 Å². The van der Waals surface area contributed by atoms with E-state index in [4.69, 9.17) is 5.73 Å². The second kappa shape index (κ2) is 4.53. The van der Waals surface area contributed by atoms with E-state index in [0.717, 1.165) is 12.8 Å². The lowest BCUT2D eigenvalue weighted by molar-refractivity contribution is 0.0464. The van der Waals surface area contributed by atoms with E-state index >= 15 is 0 Å². The van der Waals surface area contributed by atoms with Crippen molar-refractivity contribution in [1.82, 2.24) is 4.90 Å². The molecule has 1 heterocycles. The fraction of sp³-hybridized carbons (Fsp3) is 0.429. The van der Waals surface area contributed by atoms with Crippen LogP contribution in [0.3, 0.4) is 0 Å². The molecule has 1 aliphatic rings. The average molecular weight is 246 g/mol. The topological polar surface area (TPSA) is 63.4 Å². The number of nitrogens with zero attached hydrogens (tertiary/aromatic N) is 1. The minimum Gasteiger partial charge on any atom is -0.330 e. The fourth-order valence-electron chi connectivity index (χ4n) is 2.39. The van der Waals surface area contributed by atoms with Gasteiger partial charge in [0.05, 0.1) is 11.1 Å². The molecule has 96 valence electrons. The molecule has 4 heteroatoms. The quantitative estimate of drug-likeness (QED) is 0.824. The summed E-state index contributed by atoms with van der Waals surface area (Å²) in [6.45, 7) is 4.38. The molecule has 0 spiro atoms. The number of nitrogens with two attached hydrogens (primary N) is 1. The molecule has 0 fully saturated rings. The Morgan fingerprint density at radius 2 is 1.61 bits per heavy atom. The van der Waals surface area contributed by atoms with Crippen LogP contribution < -0.4 is 5.73 Å². The number of rotatable bonds is 4. The summed E-state index contributed by atoms with van der Waals surface area (Å²) in [6, 6.07) is 6.96. The predicted molar refractivity (Wildman–Crippen MR) is 69.3 cm³/mol. The van der Waals surface area contributed by atoms with Crippen molar-refractivity contribution in [3.63, 3.8) is 0 Å². The van der Waals surface area contributed by atoms with Crippen molar-refractivity contribution in [2.24, 2.45) is 5.73 Å². The van der Waals surface area contributed by atoms with Crippen molar-refractivity contribution in [2.45, 2.75) is 32.2 Å². The second-order valence-corrected chi connectivity index (χ2v) is 5.20. The van der Waals surface area contributed by atoms with Gasteiger partial charge in [0, 0.05) is 5.54 Å². The Balaban J connectivity index is 2.33. The van der Waals surface area contributed by atoms with Gasteiger partial charge in [-0.2, -0.15) is 0 Å². The van der Waals surface area contributed by atoms with Gasteiger partial charge in [-0.15, -0.1) is 0 Å². The average Bonchev–Trinajstić information content (AvgIpc) is 2.61. The van der Waals surface area contributed by atoms with Gasteiger partial charge in [0.25, 0.3) is 11.8 Å². The Morgan fingerprint density at radius 1 is 1.11 bits per heavy atom. The van der Waals surface area contributed by atoms with E-state index < -0.39 is 5.54 Å². The molecule has 18 heavy (non-hydrogen) atoms. The molecule has 1 aromatic carbocycles. The molecule has 2 rings (SSSR count). The maximum Gasteiger partial charge on any atom is 0.262 e. The smallest absolute Gasteiger partial charge is 0.262 e. The zero-order valence-corrected chi connectivity index (χ0v) is 10.8. The third kappa shape index (κ3) is 1.93. The molecule has 0 atom stereocenters. The lowest BCUT2D eigenvalue weighted by atomic mass is 9.96. The Labute approximate surface area is 107 Å². The molecule has 4 nitrogen and oxygen atoms in total. The Morgan fingerprint density at radius 3 is 2.06 bits per heavy atom. The molecule has 0 radical (unpaired) electrons. The SMILES string of the molecule is CC(C)(CCCN)N1C(=O)c2ccccc2C1=O. The van der Waals surface area contributed by atoms with Crippen LogP contribution in [0.2, 0.25) is 0 Å². The lowest BCUT2D eigenvalue weighted by Crippen LogP contribution is -2.47. The first-order chi connectivity index (χ1) is 8.49. The molecule has 2 N–H and O–H groups in total. The van der Waals surface area contributed by atoms with E-state index in [-0.39, 0.29) is 11.8 Å². The van der Waals surface area contributed by atoms with E-state index in [9.17, 15) is 9.59 Å². The molecule has 0 saturated heterocycles. The summed E-state index contributed by atoms with van der Waals surface area (Å²) in [7, 11) is 0. The molecule has 0 saturated carbocycles. The Bertz CT molecular complexity index is 459. The fourth-order valence-corrected chi connectivity index (χ4v) is 2.39. The molecule has 1 aliphatic heterocycles. The highest BCUT2D eigenvalue weighted by molar-refractivity contribution is 6.21. The zero-order chi connectivity index (χ0) is 13.3. The molecular weight excluding hydrogens is 228 g/mol. The summed E-state index contributed by atoms with van der Waals surface area (Å²) >= 11 is 0. The minimum absolute atomic E-state index is 0.197. The molecule has 1 aromatic rings. The molecule has 0 bridgehead atoms. The maximum absolute atomic E-state index is 12.3. The maximum atomic E-state index is 12.3. The number of benzene rings is 1. The first-order valence-electron chi connectivity index (χ1n) is 6.17. The van der Waals surface area contributed by atoms with Gasteiger partial charge < -0.3 is 5.73 Å². The van der Waals surface area contributed by atoms with E-state index in [1.165, 1.54) is 4.90 Å². The van der Waals surface area contributed by atoms with Crippen LogP contribution in [-0.2, 0) is 0 Å². The van der Waals surface area contributed by atoms with Crippen LogP contribution >= 0.6 is 0 Å². The van der Waals surface area contributed by atoms with Crippen LogP contribution in [0, 0.1) is 0 Å². The third-order valence-electron chi connectivity index (χ3n) is 3.39. The zero-order valence-electron chi connectivity index (χ0n) is 10.8. The van der Waals surface area contributed by atoms with Crippen molar-refractivity contribution in [2.75, 3.05) is 6.54 Å². The number of carbonyl (C=O) groups excluding carboxylic acids is 2. The number of hydrogen-bond donors (Lipinski definition) is 1. The molecular formula is C14H18N2O2. The molecule has 0 aliphatic carbocycles. The molecule has 0 unspecified atom stereocenters. The summed E-state index contributed by atoms with van der Waals surface area (Å²) in [4.78, 5) is 25.9. The minimum atomic E-state index is -0.493. The second-order valence-electron chi connectivity index (χ2n) is 5.20. The Hall–Kier alpha value is -1.68. The van der Waals surface area contributed by atoms with Gasteiger partial charge in [-0.25, -0.2) is 0 Å². The summed E-state index contributed by atoms with van der Waals surface area (Å²) in [5.74, 6) is -0.393. The third-order valence-corrected chi connectivity index (χ3v) is 3.39. The summed E-state index contributed by atoms with van der Waals surface area (Å²) in [5, 5.41) is 0. The van der Waals surface area contributed by atoms with Crippen molar-refractivity contribution in [3.8, 4) is 0 Å². The highest BCUT2D eigenvalue weighted by Gasteiger charge is 2.43. The van der Waals surface area contributed by atoms with Crippen LogP contribution in [0.1, 0.15) is 47.4 Å². The van der Waals surface area contributed by atoms with Crippen LogP contribution in [0.4, 0.5) is 0 Å². The number of fused-ring (bicyclic) bond motifs is 1. The van der Waals surface area contributed by atoms with Gasteiger partial charge in [-0.1, -0.05) is 12.1 Å². The highest BCUT2D eigenvalue weighted by Crippen LogP contribution is 2.31. The van der Waals surface area contributed by atoms with Gasteiger partial charge in [0.2, 0.25) is 0 Å². The predicted octanol–water partition coefficient (Wildman–Crippen LogP) is 1.80. The van der Waals surface area contributed by atoms with Crippen molar-refractivity contribution in [1.29, 1.82) is 0 Å². The first-order valence-corrected chi connectivity index (χ1v) is 6.17. The van der Waals surface area contributed by atoms with Gasteiger partial charge in [0.15, 0.2) is 0 Å². The lowest BCUT2D eigenvalue weighted by Gasteiger charge is -2.33. The van der Waals surface area contributed by atoms with Crippen molar-refractivity contribution >= 4 is 11.8 Å². The molecule has 0 aromatic heterocycles. The van der Waals surface area contributed by atoms with Crippen LogP contribution in [0.5, 0.6) is 0 Å². The standard InChI is InChI=1S/C14H18N2O2/c1-14(2,8-5-9-15)16-12(17)10-6-3-4-7-11(10)13(16)18/h3-4,6-7H,5,8-9,15H2,1-2H3. The normalized spacial score (nSPS) is 15.2. The highest BCUT2D eigenvalue weighted by atomic mass is 16.2.